The number of rotatable bonds is 6. The van der Waals surface area contributed by atoms with Crippen LogP contribution in [0.2, 0.25) is 0 Å². The minimum absolute atomic E-state index is 0.259. The van der Waals surface area contributed by atoms with Crippen molar-refractivity contribution in [3.05, 3.63) is 40.8 Å². The summed E-state index contributed by atoms with van der Waals surface area (Å²) in [6.07, 6.45) is 2.80. The third kappa shape index (κ3) is 6.23. The fourth-order valence-corrected chi connectivity index (χ4v) is 4.79. The van der Waals surface area contributed by atoms with E-state index in [2.05, 4.69) is 31.3 Å². The Bertz CT molecular complexity index is 971. The lowest BCUT2D eigenvalue weighted by molar-refractivity contribution is 0.0247. The summed E-state index contributed by atoms with van der Waals surface area (Å²) >= 11 is 1.23. The molecule has 172 valence electrons. The topological polar surface area (TPSA) is 128 Å². The van der Waals surface area contributed by atoms with Gasteiger partial charge in [0.2, 0.25) is 0 Å². The second-order valence-corrected chi connectivity index (χ2v) is 9.50. The number of amides is 4. The lowest BCUT2D eigenvalue weighted by Crippen LogP contribution is -2.41. The van der Waals surface area contributed by atoms with Crippen LogP contribution in [0.1, 0.15) is 48.3 Å². The summed E-state index contributed by atoms with van der Waals surface area (Å²) < 4.78 is 5.70. The number of anilines is 1. The van der Waals surface area contributed by atoms with Gasteiger partial charge in [-0.25, -0.2) is 14.4 Å². The van der Waals surface area contributed by atoms with Crippen LogP contribution in [0.15, 0.2) is 30.3 Å². The third-order valence-corrected chi connectivity index (χ3v) is 6.44. The van der Waals surface area contributed by atoms with Crippen molar-refractivity contribution in [2.75, 3.05) is 18.4 Å². The highest BCUT2D eigenvalue weighted by atomic mass is 32.1. The van der Waals surface area contributed by atoms with Gasteiger partial charge >= 0.3 is 18.0 Å². The SMILES string of the molecule is CC(C)Cc1ccc(-c2cc(NC(N)=O)c(C(=O)OC3CCCCN(C(N)=O)C3)s2)cc1. The highest BCUT2D eigenvalue weighted by molar-refractivity contribution is 7.18. The number of benzene rings is 1. The molecule has 1 atom stereocenters. The number of hydrogen-bond acceptors (Lipinski definition) is 5. The van der Waals surface area contributed by atoms with Crippen molar-refractivity contribution in [2.24, 2.45) is 17.4 Å². The number of primary amides is 2. The largest absolute Gasteiger partial charge is 0.456 e. The van der Waals surface area contributed by atoms with Gasteiger partial charge in [-0.1, -0.05) is 38.1 Å². The predicted octanol–water partition coefficient (Wildman–Crippen LogP) is 4.19. The molecule has 5 N–H and O–H groups in total. The molecule has 1 fully saturated rings. The molecule has 2 heterocycles. The lowest BCUT2D eigenvalue weighted by Gasteiger charge is -2.22. The van der Waals surface area contributed by atoms with Crippen molar-refractivity contribution in [1.82, 2.24) is 4.90 Å². The molecule has 3 rings (SSSR count). The Morgan fingerprint density at radius 2 is 1.91 bits per heavy atom. The summed E-state index contributed by atoms with van der Waals surface area (Å²) in [4.78, 5) is 38.6. The van der Waals surface area contributed by atoms with Crippen molar-refractivity contribution in [1.29, 1.82) is 0 Å². The van der Waals surface area contributed by atoms with Crippen molar-refractivity contribution in [3.8, 4) is 10.4 Å². The zero-order valence-corrected chi connectivity index (χ0v) is 19.2. The summed E-state index contributed by atoms with van der Waals surface area (Å²) in [7, 11) is 0. The van der Waals surface area contributed by atoms with Crippen molar-refractivity contribution in [2.45, 2.75) is 45.6 Å². The van der Waals surface area contributed by atoms with Crippen molar-refractivity contribution in [3.63, 3.8) is 0 Å². The van der Waals surface area contributed by atoms with Crippen molar-refractivity contribution < 1.29 is 19.1 Å². The number of thiophene rings is 1. The molecule has 0 bridgehead atoms. The fraction of sp³-hybridized carbons (Fsp3) is 0.435. The second-order valence-electron chi connectivity index (χ2n) is 8.44. The molecule has 1 unspecified atom stereocenters. The second kappa shape index (κ2) is 10.5. The first-order valence-electron chi connectivity index (χ1n) is 10.8. The summed E-state index contributed by atoms with van der Waals surface area (Å²) in [6, 6.07) is 8.59. The minimum atomic E-state index is -0.759. The van der Waals surface area contributed by atoms with E-state index in [9.17, 15) is 14.4 Å². The monoisotopic (exact) mass is 458 g/mol. The molecule has 1 aromatic carbocycles. The lowest BCUT2D eigenvalue weighted by atomic mass is 10.0. The van der Waals surface area contributed by atoms with Gasteiger partial charge in [-0.3, -0.25) is 0 Å². The maximum absolute atomic E-state index is 13.0. The Hall–Kier alpha value is -3.07. The standard InChI is InChI=1S/C23H30N4O4S/c1-14(2)11-15-6-8-16(9-7-15)19-12-18(26-22(24)29)20(32-19)21(28)31-17-5-3-4-10-27(13-17)23(25)30/h6-9,12,14,17H,3-5,10-11,13H2,1-2H3,(H2,25,30)(H3,24,26,29). The minimum Gasteiger partial charge on any atom is -0.456 e. The van der Waals surface area contributed by atoms with Gasteiger partial charge in [0.1, 0.15) is 11.0 Å². The molecule has 32 heavy (non-hydrogen) atoms. The van der Waals surface area contributed by atoms with E-state index in [1.807, 2.05) is 12.1 Å². The van der Waals surface area contributed by atoms with Crippen LogP contribution >= 0.6 is 11.3 Å². The first-order valence-corrected chi connectivity index (χ1v) is 11.6. The van der Waals surface area contributed by atoms with E-state index in [0.717, 1.165) is 29.7 Å². The van der Waals surface area contributed by atoms with Gasteiger partial charge in [-0.15, -0.1) is 11.3 Å². The Labute approximate surface area is 191 Å². The molecule has 1 aromatic heterocycles. The number of nitrogens with zero attached hydrogens (tertiary/aromatic N) is 1. The average molecular weight is 459 g/mol. The number of carbonyl (C=O) groups excluding carboxylic acids is 3. The maximum atomic E-state index is 13.0. The Morgan fingerprint density at radius 1 is 1.19 bits per heavy atom. The zero-order chi connectivity index (χ0) is 23.3. The van der Waals surface area contributed by atoms with Gasteiger partial charge < -0.3 is 26.4 Å². The summed E-state index contributed by atoms with van der Waals surface area (Å²) in [5, 5.41) is 2.52. The summed E-state index contributed by atoms with van der Waals surface area (Å²) in [6.45, 7) is 5.15. The molecule has 0 radical (unpaired) electrons. The van der Waals surface area contributed by atoms with Crippen LogP contribution < -0.4 is 16.8 Å². The van der Waals surface area contributed by atoms with Crippen LogP contribution in [0.5, 0.6) is 0 Å². The van der Waals surface area contributed by atoms with E-state index in [0.29, 0.717) is 24.6 Å². The molecular formula is C23H30N4O4S. The van der Waals surface area contributed by atoms with Crippen molar-refractivity contribution >= 4 is 35.1 Å². The van der Waals surface area contributed by atoms with Crippen LogP contribution in [0.25, 0.3) is 10.4 Å². The molecule has 2 aromatic rings. The number of likely N-dealkylation sites (tertiary alicyclic amines) is 1. The number of urea groups is 2. The number of carbonyl (C=O) groups is 3. The molecule has 1 aliphatic rings. The van der Waals surface area contributed by atoms with E-state index in [1.165, 1.54) is 21.8 Å². The molecular weight excluding hydrogens is 428 g/mol. The van der Waals surface area contributed by atoms with Crippen LogP contribution in [0.4, 0.5) is 15.3 Å². The van der Waals surface area contributed by atoms with Gasteiger partial charge in [0.05, 0.1) is 12.2 Å². The predicted molar refractivity (Wildman–Crippen MR) is 126 cm³/mol. The molecule has 4 amide bonds. The molecule has 9 heteroatoms. The van der Waals surface area contributed by atoms with Crippen LogP contribution in [-0.4, -0.2) is 42.1 Å². The number of nitrogens with two attached hydrogens (primary N) is 2. The number of ether oxygens (including phenoxy) is 1. The summed E-state index contributed by atoms with van der Waals surface area (Å²) in [5.74, 6) is 0.00236. The summed E-state index contributed by atoms with van der Waals surface area (Å²) in [5.41, 5.74) is 13.2. The van der Waals surface area contributed by atoms with Gasteiger partial charge in [-0.05, 0) is 48.8 Å². The Morgan fingerprint density at radius 3 is 2.53 bits per heavy atom. The molecule has 0 aliphatic carbocycles. The van der Waals surface area contributed by atoms with Gasteiger partial charge in [0.15, 0.2) is 0 Å². The highest BCUT2D eigenvalue weighted by Gasteiger charge is 2.26. The van der Waals surface area contributed by atoms with E-state index < -0.39 is 24.1 Å². The van der Waals surface area contributed by atoms with Gasteiger partial charge in [0, 0.05) is 11.4 Å². The third-order valence-electron chi connectivity index (χ3n) is 5.27. The first-order chi connectivity index (χ1) is 15.2. The Kier molecular flexibility index (Phi) is 7.74. The van der Waals surface area contributed by atoms with Crippen LogP contribution in [-0.2, 0) is 11.2 Å². The molecule has 8 nitrogen and oxygen atoms in total. The number of hydrogen-bond donors (Lipinski definition) is 3. The maximum Gasteiger partial charge on any atom is 0.350 e. The van der Waals surface area contributed by atoms with E-state index in [-0.39, 0.29) is 11.4 Å². The first kappa shape index (κ1) is 23.6. The van der Waals surface area contributed by atoms with Crippen LogP contribution in [0, 0.1) is 5.92 Å². The Balaban J connectivity index is 1.81. The van der Waals surface area contributed by atoms with Gasteiger partial charge in [-0.2, -0.15) is 0 Å². The highest BCUT2D eigenvalue weighted by Crippen LogP contribution is 2.36. The molecule has 0 spiro atoms. The van der Waals surface area contributed by atoms with E-state index in [4.69, 9.17) is 16.2 Å². The normalized spacial score (nSPS) is 16.5. The molecule has 1 aliphatic heterocycles. The van der Waals surface area contributed by atoms with E-state index in [1.54, 1.807) is 6.07 Å². The number of esters is 1. The average Bonchev–Trinajstić information content (AvgIpc) is 2.97. The zero-order valence-electron chi connectivity index (χ0n) is 18.4. The number of nitrogens with one attached hydrogen (secondary N) is 1. The fourth-order valence-electron chi connectivity index (χ4n) is 3.79. The molecule has 0 saturated carbocycles. The van der Waals surface area contributed by atoms with Crippen LogP contribution in [0.3, 0.4) is 0 Å². The van der Waals surface area contributed by atoms with Gasteiger partial charge in [0.25, 0.3) is 0 Å². The quantitative estimate of drug-likeness (QED) is 0.561. The van der Waals surface area contributed by atoms with E-state index >= 15 is 0 Å². The molecule has 1 saturated heterocycles. The smallest absolute Gasteiger partial charge is 0.350 e.